The molecule has 0 rings (SSSR count). The van der Waals surface area contributed by atoms with E-state index < -0.39 is 87.5 Å². The van der Waals surface area contributed by atoms with Gasteiger partial charge in [0.25, 0.3) is 0 Å². The summed E-state index contributed by atoms with van der Waals surface area (Å²) in [4.78, 5) is 19.8. The third kappa shape index (κ3) is 14.8. The minimum atomic E-state index is -1.79. The molecule has 0 heterocycles. The van der Waals surface area contributed by atoms with Gasteiger partial charge in [-0.25, -0.2) is 0 Å². The molecule has 0 aliphatic rings. The van der Waals surface area contributed by atoms with E-state index in [1.165, 1.54) is 0 Å². The molecule has 0 aromatic carbocycles. The minimum absolute atomic E-state index is 0.0258. The second kappa shape index (κ2) is 20.4. The topological polar surface area (TPSA) is 317 Å². The van der Waals surface area contributed by atoms with Gasteiger partial charge in [0.1, 0.15) is 61.0 Å². The largest absolute Gasteiger partial charge is 0.394 e. The van der Waals surface area contributed by atoms with E-state index in [1.807, 2.05) is 0 Å². The number of hydrogen-bond donors (Lipinski definition) is 14. The Hall–Kier alpha value is -1.22. The predicted molar refractivity (Wildman–Crippen MR) is 101 cm³/mol. The summed E-state index contributed by atoms with van der Waals surface area (Å²) in [6.45, 7) is -2.57. The van der Waals surface area contributed by atoms with Crippen molar-refractivity contribution < 1.29 is 81.1 Å². The molecular weight excluding hydrogens is 448 g/mol. The molecule has 0 aromatic heterocycles. The number of aldehydes is 2. The fourth-order valence-electron chi connectivity index (χ4n) is 1.48. The lowest BCUT2D eigenvalue weighted by atomic mass is 10.0. The molecule has 0 saturated heterocycles. The van der Waals surface area contributed by atoms with Crippen molar-refractivity contribution in [1.82, 2.24) is 0 Å². The van der Waals surface area contributed by atoms with Crippen LogP contribution in [0.5, 0.6) is 0 Å². The van der Waals surface area contributed by atoms with Gasteiger partial charge in [-0.3, -0.25) is 0 Å². The molecule has 0 radical (unpaired) electrons. The van der Waals surface area contributed by atoms with Crippen LogP contribution in [0, 0.1) is 0 Å². The molecular formula is C16H34O16. The summed E-state index contributed by atoms with van der Waals surface area (Å²) in [5, 5.41) is 120. The molecule has 14 N–H and O–H groups in total. The van der Waals surface area contributed by atoms with Gasteiger partial charge in [-0.2, -0.15) is 0 Å². The first-order chi connectivity index (χ1) is 14.8. The van der Waals surface area contributed by atoms with Gasteiger partial charge in [-0.15, -0.1) is 0 Å². The first-order valence-electron chi connectivity index (χ1n) is 8.95. The summed E-state index contributed by atoms with van der Waals surface area (Å²) in [6.07, 6.45) is -16.1. The highest BCUT2D eigenvalue weighted by molar-refractivity contribution is 5.57. The van der Waals surface area contributed by atoms with Crippen LogP contribution in [0.4, 0.5) is 0 Å². The summed E-state index contributed by atoms with van der Waals surface area (Å²) in [5.41, 5.74) is 0. The maximum atomic E-state index is 9.90. The summed E-state index contributed by atoms with van der Waals surface area (Å²) in [6, 6.07) is 0. The Morgan fingerprint density at radius 2 is 0.625 bits per heavy atom. The number of aliphatic hydroxyl groups excluding tert-OH is 14. The maximum absolute atomic E-state index is 9.90. The van der Waals surface area contributed by atoms with Crippen molar-refractivity contribution in [3.05, 3.63) is 0 Å². The van der Waals surface area contributed by atoms with E-state index >= 15 is 0 Å². The monoisotopic (exact) mass is 482 g/mol. The Balaban J connectivity index is -0.000000404. The quantitative estimate of drug-likeness (QED) is 0.108. The van der Waals surface area contributed by atoms with Crippen LogP contribution in [0.15, 0.2) is 0 Å². The van der Waals surface area contributed by atoms with Crippen molar-refractivity contribution >= 4 is 12.6 Å². The summed E-state index contributed by atoms with van der Waals surface area (Å²) < 4.78 is 0. The molecule has 0 spiro atoms. The summed E-state index contributed by atoms with van der Waals surface area (Å²) in [5.74, 6) is 0. The normalized spacial score (nSPS) is 20.3. The van der Waals surface area contributed by atoms with E-state index in [0.717, 1.165) is 0 Å². The van der Waals surface area contributed by atoms with Crippen LogP contribution in [-0.2, 0) is 9.59 Å². The number of carbonyl (C=O) groups is 2. The van der Waals surface area contributed by atoms with Gasteiger partial charge in [0.2, 0.25) is 0 Å². The van der Waals surface area contributed by atoms with Gasteiger partial charge in [0, 0.05) is 0 Å². The van der Waals surface area contributed by atoms with Crippen LogP contribution in [0.1, 0.15) is 0 Å². The van der Waals surface area contributed by atoms with Crippen LogP contribution in [-0.4, -0.2) is 172 Å². The average molecular weight is 482 g/mol. The standard InChI is InChI=1S/2C6H12O6.C4H10O4/c2*7-1-3(9)5(11)6(12)4(10)2-8;5-1-3(7)4(8)2-6/h2*1,3-6,8-12H,2H2;3-8H,1-2H2/t2*3-,4+,5+,6+;3-,4+/m00./s1. The average Bonchev–Trinajstić information content (AvgIpc) is 2.84. The van der Waals surface area contributed by atoms with E-state index in [4.69, 9.17) is 71.5 Å². The Labute approximate surface area is 182 Å². The van der Waals surface area contributed by atoms with Crippen LogP contribution in [0.2, 0.25) is 0 Å². The molecule has 0 saturated carbocycles. The van der Waals surface area contributed by atoms with Crippen LogP contribution in [0.3, 0.4) is 0 Å². The first kappa shape index (κ1) is 35.4. The molecule has 0 aromatic rings. The van der Waals surface area contributed by atoms with E-state index in [1.54, 1.807) is 0 Å². The van der Waals surface area contributed by atoms with Gasteiger partial charge in [0.15, 0.2) is 12.6 Å². The molecule has 0 bridgehead atoms. The van der Waals surface area contributed by atoms with E-state index in [9.17, 15) is 9.59 Å². The van der Waals surface area contributed by atoms with E-state index in [0.29, 0.717) is 0 Å². The third-order valence-electron chi connectivity index (χ3n) is 3.66. The van der Waals surface area contributed by atoms with Crippen molar-refractivity contribution in [3.8, 4) is 0 Å². The highest BCUT2D eigenvalue weighted by atomic mass is 16.4. The molecule has 0 aliphatic carbocycles. The Morgan fingerprint density at radius 3 is 0.781 bits per heavy atom. The molecule has 10 atom stereocenters. The fourth-order valence-corrected chi connectivity index (χ4v) is 1.48. The lowest BCUT2D eigenvalue weighted by molar-refractivity contribution is -0.136. The number of aliphatic hydroxyl groups is 14. The second-order valence-electron chi connectivity index (χ2n) is 6.22. The number of rotatable bonds is 13. The predicted octanol–water partition coefficient (Wildman–Crippen LogP) is -9.06. The highest BCUT2D eigenvalue weighted by Gasteiger charge is 2.30. The van der Waals surface area contributed by atoms with Gasteiger partial charge in [0.05, 0.1) is 26.4 Å². The van der Waals surface area contributed by atoms with Gasteiger partial charge in [-0.05, 0) is 0 Å². The van der Waals surface area contributed by atoms with E-state index in [2.05, 4.69) is 0 Å². The summed E-state index contributed by atoms with van der Waals surface area (Å²) in [7, 11) is 0. The molecule has 0 unspecified atom stereocenters. The molecule has 0 amide bonds. The molecule has 0 aliphatic heterocycles. The lowest BCUT2D eigenvalue weighted by Crippen LogP contribution is -2.46. The van der Waals surface area contributed by atoms with Crippen molar-refractivity contribution in [1.29, 1.82) is 0 Å². The van der Waals surface area contributed by atoms with Crippen molar-refractivity contribution in [2.45, 2.75) is 61.0 Å². The maximum Gasteiger partial charge on any atom is 0.151 e. The molecule has 32 heavy (non-hydrogen) atoms. The highest BCUT2D eigenvalue weighted by Crippen LogP contribution is 2.03. The SMILES string of the molecule is O=C[C@H](O)[C@@H](O)[C@H](O)[C@H](O)CO.O=C[C@H](O)[C@@H](O)[C@H](O)[C@H](O)CO.OC[C@@H](O)[C@@H](O)CO. The fraction of sp³-hybridized carbons (Fsp3) is 0.875. The number of hydrogen-bond acceptors (Lipinski definition) is 16. The van der Waals surface area contributed by atoms with Crippen molar-refractivity contribution in [3.63, 3.8) is 0 Å². The zero-order valence-electron chi connectivity index (χ0n) is 16.8. The molecule has 16 nitrogen and oxygen atoms in total. The van der Waals surface area contributed by atoms with Gasteiger partial charge in [-0.1, -0.05) is 0 Å². The van der Waals surface area contributed by atoms with Gasteiger partial charge >= 0.3 is 0 Å². The summed E-state index contributed by atoms with van der Waals surface area (Å²) >= 11 is 0. The van der Waals surface area contributed by atoms with Crippen molar-refractivity contribution in [2.75, 3.05) is 26.4 Å². The van der Waals surface area contributed by atoms with Gasteiger partial charge < -0.3 is 81.1 Å². The van der Waals surface area contributed by atoms with Crippen LogP contribution in [0.25, 0.3) is 0 Å². The Morgan fingerprint density at radius 1 is 0.406 bits per heavy atom. The first-order valence-corrected chi connectivity index (χ1v) is 8.95. The van der Waals surface area contributed by atoms with E-state index in [-0.39, 0.29) is 12.6 Å². The third-order valence-corrected chi connectivity index (χ3v) is 3.66. The van der Waals surface area contributed by atoms with Crippen LogP contribution < -0.4 is 0 Å². The smallest absolute Gasteiger partial charge is 0.151 e. The van der Waals surface area contributed by atoms with Crippen molar-refractivity contribution in [2.24, 2.45) is 0 Å². The number of carbonyl (C=O) groups excluding carboxylic acids is 2. The molecule has 194 valence electrons. The zero-order chi connectivity index (χ0) is 26.0. The zero-order valence-corrected chi connectivity index (χ0v) is 16.8. The minimum Gasteiger partial charge on any atom is -0.394 e. The second-order valence-corrected chi connectivity index (χ2v) is 6.22. The molecule has 16 heteroatoms. The Bertz CT molecular complexity index is 414. The van der Waals surface area contributed by atoms with Crippen LogP contribution >= 0.6 is 0 Å². The molecule has 0 fully saturated rings. The lowest BCUT2D eigenvalue weighted by Gasteiger charge is -2.22. The Kier molecular flexibility index (Phi) is 22.5.